The molecular weight excluding hydrogens is 282 g/mol. The van der Waals surface area contributed by atoms with Gasteiger partial charge in [-0.15, -0.1) is 0 Å². The number of carbonyl (C=O) groups excluding carboxylic acids is 2. The van der Waals surface area contributed by atoms with Gasteiger partial charge in [0.2, 0.25) is 0 Å². The largest absolute Gasteiger partial charge is 0.502 e. The van der Waals surface area contributed by atoms with E-state index in [4.69, 9.17) is 4.74 Å². The number of hydrogen-bond acceptors (Lipinski definition) is 4. The quantitative estimate of drug-likeness (QED) is 0.848. The summed E-state index contributed by atoms with van der Waals surface area (Å²) >= 11 is 0. The van der Waals surface area contributed by atoms with Crippen molar-refractivity contribution in [2.75, 3.05) is 0 Å². The second-order valence-electron chi connectivity index (χ2n) is 4.81. The minimum atomic E-state index is -0.782. The monoisotopic (exact) mass is 295 g/mol. The Bertz CT molecular complexity index is 765. The van der Waals surface area contributed by atoms with Gasteiger partial charge in [-0.2, -0.15) is 0 Å². The van der Waals surface area contributed by atoms with Crippen molar-refractivity contribution < 1.29 is 19.4 Å². The molecule has 5 nitrogen and oxygen atoms in total. The van der Waals surface area contributed by atoms with Gasteiger partial charge in [-0.1, -0.05) is 42.5 Å². The van der Waals surface area contributed by atoms with E-state index in [0.717, 1.165) is 5.56 Å². The van der Waals surface area contributed by atoms with E-state index >= 15 is 0 Å². The maximum atomic E-state index is 11.7. The number of hydrogen-bond donors (Lipinski definition) is 2. The number of ether oxygens (including phenoxy) is 1. The van der Waals surface area contributed by atoms with Gasteiger partial charge in [-0.25, -0.2) is 0 Å². The van der Waals surface area contributed by atoms with Crippen LogP contribution in [-0.2, 0) is 16.2 Å². The Balaban J connectivity index is 1.82. The van der Waals surface area contributed by atoms with Gasteiger partial charge in [-0.05, 0) is 23.3 Å². The molecule has 0 saturated carbocycles. The first-order valence-electron chi connectivity index (χ1n) is 6.71. The molecule has 0 saturated heterocycles. The third kappa shape index (κ3) is 2.69. The number of rotatable bonds is 4. The average molecular weight is 295 g/mol. The molecule has 0 bridgehead atoms. The van der Waals surface area contributed by atoms with Crippen LogP contribution in [0.1, 0.15) is 11.1 Å². The van der Waals surface area contributed by atoms with Gasteiger partial charge in [0.05, 0.1) is 5.57 Å². The molecule has 0 spiro atoms. The molecule has 22 heavy (non-hydrogen) atoms. The highest BCUT2D eigenvalue weighted by molar-refractivity contribution is 6.35. The number of nitrogens with one attached hydrogen (secondary N) is 1. The molecule has 5 heteroatoms. The maximum Gasteiger partial charge on any atom is 0.293 e. The van der Waals surface area contributed by atoms with Gasteiger partial charge < -0.3 is 9.84 Å². The van der Waals surface area contributed by atoms with E-state index in [-0.39, 0.29) is 5.57 Å². The van der Waals surface area contributed by atoms with Crippen molar-refractivity contribution in [1.29, 1.82) is 0 Å². The molecular formula is C17H13NO4. The zero-order valence-corrected chi connectivity index (χ0v) is 11.6. The first-order chi connectivity index (χ1) is 10.6. The topological polar surface area (TPSA) is 75.6 Å². The summed E-state index contributed by atoms with van der Waals surface area (Å²) in [6, 6.07) is 16.4. The average Bonchev–Trinajstić information content (AvgIpc) is 2.79. The van der Waals surface area contributed by atoms with Crippen LogP contribution in [0.2, 0.25) is 0 Å². The maximum absolute atomic E-state index is 11.7. The summed E-state index contributed by atoms with van der Waals surface area (Å²) in [7, 11) is 0. The standard InChI is InChI=1S/C17H13NO4/c19-15-14(16(20)18-17(15)21)12-7-4-8-13(9-12)22-10-11-5-2-1-3-6-11/h1-9H,10H2,(H2,18,19,20,21). The molecule has 1 aliphatic rings. The van der Waals surface area contributed by atoms with E-state index in [0.29, 0.717) is 17.9 Å². The van der Waals surface area contributed by atoms with E-state index in [2.05, 4.69) is 0 Å². The molecule has 2 amide bonds. The summed E-state index contributed by atoms with van der Waals surface area (Å²) in [6.45, 7) is 0.389. The minimum Gasteiger partial charge on any atom is -0.502 e. The van der Waals surface area contributed by atoms with E-state index in [9.17, 15) is 14.7 Å². The van der Waals surface area contributed by atoms with Crippen LogP contribution in [0.5, 0.6) is 5.75 Å². The van der Waals surface area contributed by atoms with Crippen molar-refractivity contribution in [3.8, 4) is 5.75 Å². The Hall–Kier alpha value is -3.08. The smallest absolute Gasteiger partial charge is 0.293 e. The Morgan fingerprint density at radius 3 is 2.41 bits per heavy atom. The lowest BCUT2D eigenvalue weighted by molar-refractivity contribution is -0.124. The molecule has 1 aliphatic heterocycles. The van der Waals surface area contributed by atoms with Gasteiger partial charge in [0.25, 0.3) is 11.8 Å². The minimum absolute atomic E-state index is 0.0323. The highest BCUT2D eigenvalue weighted by Gasteiger charge is 2.31. The molecule has 1 heterocycles. The van der Waals surface area contributed by atoms with Crippen LogP contribution in [0.3, 0.4) is 0 Å². The number of imide groups is 1. The summed E-state index contributed by atoms with van der Waals surface area (Å²) in [5.41, 5.74) is 1.42. The molecule has 2 aromatic carbocycles. The van der Waals surface area contributed by atoms with E-state index in [1.54, 1.807) is 24.3 Å². The van der Waals surface area contributed by atoms with Crippen LogP contribution in [-0.4, -0.2) is 16.9 Å². The Morgan fingerprint density at radius 2 is 1.73 bits per heavy atom. The summed E-state index contributed by atoms with van der Waals surface area (Å²) < 4.78 is 5.67. The fourth-order valence-corrected chi connectivity index (χ4v) is 2.20. The number of aliphatic hydroxyl groups excluding tert-OH is 1. The summed E-state index contributed by atoms with van der Waals surface area (Å²) in [5, 5.41) is 11.7. The van der Waals surface area contributed by atoms with Crippen molar-refractivity contribution in [3.63, 3.8) is 0 Å². The molecule has 0 fully saturated rings. The first-order valence-corrected chi connectivity index (χ1v) is 6.71. The number of benzene rings is 2. The SMILES string of the molecule is O=C1NC(=O)C(c2cccc(OCc3ccccc3)c2)=C1O. The van der Waals surface area contributed by atoms with E-state index in [1.165, 1.54) is 0 Å². The Kier molecular flexibility index (Phi) is 3.62. The normalized spacial score (nSPS) is 14.2. The highest BCUT2D eigenvalue weighted by atomic mass is 16.5. The lowest BCUT2D eigenvalue weighted by atomic mass is 10.1. The van der Waals surface area contributed by atoms with Gasteiger partial charge in [0, 0.05) is 0 Å². The molecule has 0 unspecified atom stereocenters. The molecule has 3 rings (SSSR count). The summed E-state index contributed by atoms with van der Waals surface area (Å²) in [5.74, 6) is -1.41. The second kappa shape index (κ2) is 5.73. The molecule has 0 radical (unpaired) electrons. The number of carbonyl (C=O) groups is 2. The number of amides is 2. The molecule has 0 atom stereocenters. The Labute approximate surface area is 126 Å². The van der Waals surface area contributed by atoms with Crippen molar-refractivity contribution in [2.45, 2.75) is 6.61 Å². The second-order valence-corrected chi connectivity index (χ2v) is 4.81. The zero-order valence-electron chi connectivity index (χ0n) is 11.6. The lowest BCUT2D eigenvalue weighted by Gasteiger charge is -2.08. The lowest BCUT2D eigenvalue weighted by Crippen LogP contribution is -2.22. The third-order valence-corrected chi connectivity index (χ3v) is 3.28. The van der Waals surface area contributed by atoms with Crippen LogP contribution in [0.25, 0.3) is 5.57 Å². The van der Waals surface area contributed by atoms with E-state index < -0.39 is 17.6 Å². The van der Waals surface area contributed by atoms with Crippen LogP contribution < -0.4 is 10.1 Å². The molecule has 0 aromatic heterocycles. The van der Waals surface area contributed by atoms with Crippen molar-refractivity contribution in [1.82, 2.24) is 5.32 Å². The molecule has 110 valence electrons. The van der Waals surface area contributed by atoms with Crippen LogP contribution >= 0.6 is 0 Å². The van der Waals surface area contributed by atoms with Gasteiger partial charge in [0.15, 0.2) is 5.76 Å². The number of aliphatic hydroxyl groups is 1. The predicted octanol–water partition coefficient (Wildman–Crippen LogP) is 2.19. The highest BCUT2D eigenvalue weighted by Crippen LogP contribution is 2.26. The summed E-state index contributed by atoms with van der Waals surface area (Å²) in [6.07, 6.45) is 0. The first kappa shape index (κ1) is 13.9. The van der Waals surface area contributed by atoms with Crippen LogP contribution in [0, 0.1) is 0 Å². The van der Waals surface area contributed by atoms with Crippen molar-refractivity contribution in [2.24, 2.45) is 0 Å². The van der Waals surface area contributed by atoms with Crippen molar-refractivity contribution in [3.05, 3.63) is 71.5 Å². The van der Waals surface area contributed by atoms with Gasteiger partial charge in [-0.3, -0.25) is 14.9 Å². The molecule has 2 aromatic rings. The van der Waals surface area contributed by atoms with Crippen LogP contribution in [0.15, 0.2) is 60.4 Å². The fourth-order valence-electron chi connectivity index (χ4n) is 2.20. The molecule has 2 N–H and O–H groups in total. The Morgan fingerprint density at radius 1 is 0.955 bits per heavy atom. The third-order valence-electron chi connectivity index (χ3n) is 3.28. The predicted molar refractivity (Wildman–Crippen MR) is 79.9 cm³/mol. The van der Waals surface area contributed by atoms with Crippen LogP contribution in [0.4, 0.5) is 0 Å². The van der Waals surface area contributed by atoms with Gasteiger partial charge in [0.1, 0.15) is 12.4 Å². The summed E-state index contributed by atoms with van der Waals surface area (Å²) in [4.78, 5) is 23.0. The van der Waals surface area contributed by atoms with E-state index in [1.807, 2.05) is 35.6 Å². The zero-order chi connectivity index (χ0) is 15.5. The van der Waals surface area contributed by atoms with Gasteiger partial charge >= 0.3 is 0 Å². The fraction of sp³-hybridized carbons (Fsp3) is 0.0588. The van der Waals surface area contributed by atoms with Crippen molar-refractivity contribution >= 4 is 17.4 Å². The molecule has 0 aliphatic carbocycles.